The number of halogens is 1. The fourth-order valence-corrected chi connectivity index (χ4v) is 3.90. The van der Waals surface area contributed by atoms with Crippen molar-refractivity contribution in [1.29, 1.82) is 0 Å². The fourth-order valence-electron chi connectivity index (χ4n) is 3.90. The van der Waals surface area contributed by atoms with E-state index in [-0.39, 0.29) is 29.5 Å². The second kappa shape index (κ2) is 13.1. The first-order valence-electron chi connectivity index (χ1n) is 10.0. The molecule has 2 saturated heterocycles. The zero-order chi connectivity index (χ0) is 18.8. The zero-order valence-electron chi connectivity index (χ0n) is 17.6. The van der Waals surface area contributed by atoms with Crippen molar-refractivity contribution in [1.82, 2.24) is 20.4 Å². The van der Waals surface area contributed by atoms with Crippen molar-refractivity contribution in [3.63, 3.8) is 0 Å². The first kappa shape index (κ1) is 24.9. The number of likely N-dealkylation sites (tertiary alicyclic amines) is 1. The molecule has 2 rings (SSSR count). The van der Waals surface area contributed by atoms with E-state index in [1.807, 2.05) is 7.05 Å². The van der Waals surface area contributed by atoms with Gasteiger partial charge in [-0.25, -0.2) is 0 Å². The first-order valence-corrected chi connectivity index (χ1v) is 10.0. The van der Waals surface area contributed by atoms with Gasteiger partial charge in [0, 0.05) is 71.7 Å². The maximum Gasteiger partial charge on any atom is 0.191 e. The number of hydrogen-bond donors (Lipinski definition) is 2. The van der Waals surface area contributed by atoms with E-state index in [0.717, 1.165) is 71.2 Å². The molecule has 0 bridgehead atoms. The minimum atomic E-state index is 0. The highest BCUT2D eigenvalue weighted by Crippen LogP contribution is 2.25. The van der Waals surface area contributed by atoms with Crippen molar-refractivity contribution in [2.24, 2.45) is 4.99 Å². The van der Waals surface area contributed by atoms with Gasteiger partial charge < -0.3 is 29.9 Å². The van der Waals surface area contributed by atoms with E-state index in [9.17, 15) is 0 Å². The Morgan fingerprint density at radius 1 is 1.26 bits per heavy atom. The summed E-state index contributed by atoms with van der Waals surface area (Å²) in [5, 5.41) is 7.20. The van der Waals surface area contributed by atoms with Crippen LogP contribution in [0.15, 0.2) is 4.99 Å². The van der Waals surface area contributed by atoms with Crippen LogP contribution in [0.25, 0.3) is 0 Å². The summed E-state index contributed by atoms with van der Waals surface area (Å²) in [5.74, 6) is 0.926. The lowest BCUT2D eigenvalue weighted by molar-refractivity contribution is -0.00504. The van der Waals surface area contributed by atoms with Crippen molar-refractivity contribution in [3.8, 4) is 0 Å². The summed E-state index contributed by atoms with van der Waals surface area (Å²) in [6.07, 6.45) is 5.57. The third-order valence-electron chi connectivity index (χ3n) is 5.93. The summed E-state index contributed by atoms with van der Waals surface area (Å²) in [7, 11) is 7.97. The summed E-state index contributed by atoms with van der Waals surface area (Å²) in [4.78, 5) is 9.33. The minimum Gasteiger partial charge on any atom is -0.385 e. The monoisotopic (exact) mass is 497 g/mol. The molecule has 2 N–H and O–H groups in total. The van der Waals surface area contributed by atoms with Gasteiger partial charge in [0.15, 0.2) is 5.96 Å². The van der Waals surface area contributed by atoms with E-state index in [0.29, 0.717) is 6.04 Å². The highest BCUT2D eigenvalue weighted by molar-refractivity contribution is 14.0. The molecular formula is C19H40IN5O2. The molecule has 8 heteroatoms. The van der Waals surface area contributed by atoms with Crippen molar-refractivity contribution >= 4 is 29.9 Å². The van der Waals surface area contributed by atoms with Crippen molar-refractivity contribution in [3.05, 3.63) is 0 Å². The van der Waals surface area contributed by atoms with Crippen LogP contribution in [0.2, 0.25) is 0 Å². The van der Waals surface area contributed by atoms with Gasteiger partial charge in [-0.05, 0) is 46.2 Å². The number of ether oxygens (including phenoxy) is 2. The maximum absolute atomic E-state index is 5.56. The molecule has 0 radical (unpaired) electrons. The Bertz CT molecular complexity index is 422. The predicted octanol–water partition coefficient (Wildman–Crippen LogP) is 1.38. The molecule has 0 aliphatic carbocycles. The summed E-state index contributed by atoms with van der Waals surface area (Å²) in [6.45, 7) is 6.88. The van der Waals surface area contributed by atoms with E-state index in [2.05, 4.69) is 39.5 Å². The quantitative estimate of drug-likeness (QED) is 0.229. The smallest absolute Gasteiger partial charge is 0.191 e. The maximum atomic E-state index is 5.56. The van der Waals surface area contributed by atoms with Gasteiger partial charge >= 0.3 is 0 Å². The van der Waals surface area contributed by atoms with E-state index >= 15 is 0 Å². The molecule has 7 nitrogen and oxygen atoms in total. The van der Waals surface area contributed by atoms with E-state index in [4.69, 9.17) is 9.47 Å². The molecule has 0 saturated carbocycles. The lowest BCUT2D eigenvalue weighted by Gasteiger charge is -2.43. The molecule has 2 aliphatic heterocycles. The standard InChI is InChI=1S/C19H39N5O2.HI/c1-20-18(21-16-19(23(2)3)8-14-26-15-9-19)22-17-6-11-24(12-7-17)10-5-13-25-4;/h17H,5-16H2,1-4H3,(H2,20,21,22);1H. The van der Waals surface area contributed by atoms with Crippen molar-refractivity contribution in [2.45, 2.75) is 43.7 Å². The zero-order valence-corrected chi connectivity index (χ0v) is 20.0. The average molecular weight is 497 g/mol. The largest absolute Gasteiger partial charge is 0.385 e. The predicted molar refractivity (Wildman–Crippen MR) is 122 cm³/mol. The second-order valence-corrected chi connectivity index (χ2v) is 7.76. The number of nitrogens with zero attached hydrogens (tertiary/aromatic N) is 3. The van der Waals surface area contributed by atoms with Crippen LogP contribution < -0.4 is 10.6 Å². The van der Waals surface area contributed by atoms with Crippen LogP contribution in [0.5, 0.6) is 0 Å². The molecule has 0 spiro atoms. The van der Waals surface area contributed by atoms with Crippen LogP contribution >= 0.6 is 24.0 Å². The van der Waals surface area contributed by atoms with Crippen molar-refractivity contribution in [2.75, 3.05) is 74.3 Å². The SMILES string of the molecule is CN=C(NCC1(N(C)C)CCOCC1)NC1CCN(CCCOC)CC1.I. The molecule has 27 heavy (non-hydrogen) atoms. The Morgan fingerprint density at radius 3 is 2.48 bits per heavy atom. The van der Waals surface area contributed by atoms with Crippen molar-refractivity contribution < 1.29 is 9.47 Å². The van der Waals surface area contributed by atoms with Gasteiger partial charge in [-0.3, -0.25) is 4.99 Å². The highest BCUT2D eigenvalue weighted by atomic mass is 127. The number of guanidine groups is 1. The van der Waals surface area contributed by atoms with Gasteiger partial charge in [-0.2, -0.15) is 0 Å². The molecule has 2 heterocycles. The second-order valence-electron chi connectivity index (χ2n) is 7.76. The van der Waals surface area contributed by atoms with Gasteiger partial charge in [-0.15, -0.1) is 24.0 Å². The first-order chi connectivity index (χ1) is 12.6. The van der Waals surface area contributed by atoms with E-state index < -0.39 is 0 Å². The fraction of sp³-hybridized carbons (Fsp3) is 0.947. The lowest BCUT2D eigenvalue weighted by atomic mass is 9.88. The molecule has 0 amide bonds. The molecule has 0 atom stereocenters. The number of hydrogen-bond acceptors (Lipinski definition) is 5. The van der Waals surface area contributed by atoms with Gasteiger partial charge in [0.2, 0.25) is 0 Å². The van der Waals surface area contributed by atoms with Crippen LogP contribution in [0.3, 0.4) is 0 Å². The lowest BCUT2D eigenvalue weighted by Crippen LogP contribution is -2.58. The summed E-state index contributed by atoms with van der Waals surface area (Å²) in [6, 6.07) is 0.505. The summed E-state index contributed by atoms with van der Waals surface area (Å²) in [5.41, 5.74) is 0.153. The topological polar surface area (TPSA) is 61.4 Å². The summed E-state index contributed by atoms with van der Waals surface area (Å²) >= 11 is 0. The minimum absolute atomic E-state index is 0. The third kappa shape index (κ3) is 8.00. The molecule has 0 aromatic heterocycles. The number of methoxy groups -OCH3 is 1. The molecule has 0 unspecified atom stereocenters. The number of nitrogens with one attached hydrogen (secondary N) is 2. The molecule has 160 valence electrons. The Balaban J connectivity index is 0.00000364. The Morgan fingerprint density at radius 2 is 1.93 bits per heavy atom. The molecule has 2 aliphatic rings. The Labute approximate surface area is 182 Å². The Kier molecular flexibility index (Phi) is 12.1. The molecule has 0 aromatic carbocycles. The van der Waals surface area contributed by atoms with Gasteiger partial charge in [-0.1, -0.05) is 0 Å². The number of rotatable bonds is 8. The number of aliphatic imine (C=N–C) groups is 1. The normalized spacial score (nSPS) is 21.7. The van der Waals surface area contributed by atoms with E-state index in [1.165, 1.54) is 12.8 Å². The van der Waals surface area contributed by atoms with Crippen LogP contribution in [-0.4, -0.2) is 102 Å². The van der Waals surface area contributed by atoms with Crippen LogP contribution in [0.1, 0.15) is 32.1 Å². The van der Waals surface area contributed by atoms with Gasteiger partial charge in [0.1, 0.15) is 0 Å². The highest BCUT2D eigenvalue weighted by Gasteiger charge is 2.35. The van der Waals surface area contributed by atoms with E-state index in [1.54, 1.807) is 7.11 Å². The van der Waals surface area contributed by atoms with Crippen LogP contribution in [0.4, 0.5) is 0 Å². The van der Waals surface area contributed by atoms with Gasteiger partial charge in [0.25, 0.3) is 0 Å². The Hall–Kier alpha value is -0.160. The summed E-state index contributed by atoms with van der Waals surface area (Å²) < 4.78 is 10.7. The van der Waals surface area contributed by atoms with Crippen LogP contribution in [-0.2, 0) is 9.47 Å². The molecular weight excluding hydrogens is 457 g/mol. The van der Waals surface area contributed by atoms with Gasteiger partial charge in [0.05, 0.1) is 0 Å². The number of piperidine rings is 1. The average Bonchev–Trinajstić information content (AvgIpc) is 2.67. The van der Waals surface area contributed by atoms with Crippen LogP contribution in [0, 0.1) is 0 Å². The molecule has 2 fully saturated rings. The number of likely N-dealkylation sites (N-methyl/N-ethyl adjacent to an activating group) is 1. The molecule has 0 aromatic rings. The third-order valence-corrected chi connectivity index (χ3v) is 5.93.